The maximum absolute atomic E-state index is 12.8. The number of phenolic OH excluding ortho intramolecular Hbond substituents is 1. The Labute approximate surface area is 164 Å². The maximum atomic E-state index is 12.8. The van der Waals surface area contributed by atoms with Crippen LogP contribution in [0.4, 0.5) is 13.6 Å². The maximum Gasteiger partial charge on any atom is 0.387 e. The average Bonchev–Trinajstić information content (AvgIpc) is 2.90. The summed E-state index contributed by atoms with van der Waals surface area (Å²) in [5.74, 6) is -0.735. The Morgan fingerprint density at radius 1 is 1.21 bits per heavy atom. The van der Waals surface area contributed by atoms with Crippen LogP contribution < -0.4 is 14.8 Å². The summed E-state index contributed by atoms with van der Waals surface area (Å²) in [5, 5.41) is 17.1. The molecule has 3 amide bonds. The van der Waals surface area contributed by atoms with Crippen molar-refractivity contribution in [2.75, 3.05) is 7.11 Å². The van der Waals surface area contributed by atoms with Crippen LogP contribution in [0.1, 0.15) is 18.1 Å². The molecule has 0 aliphatic carbocycles. The zero-order valence-corrected chi connectivity index (χ0v) is 15.4. The molecule has 0 saturated carbocycles. The highest BCUT2D eigenvalue weighted by Gasteiger charge is 2.49. The van der Waals surface area contributed by atoms with Crippen molar-refractivity contribution in [1.29, 1.82) is 0 Å². The molecule has 2 N–H and O–H groups in total. The van der Waals surface area contributed by atoms with Crippen molar-refractivity contribution in [2.45, 2.75) is 19.1 Å². The number of phenols is 1. The van der Waals surface area contributed by atoms with Gasteiger partial charge in [-0.25, -0.2) is 4.79 Å². The summed E-state index contributed by atoms with van der Waals surface area (Å²) in [6, 6.07) is 9.25. The van der Waals surface area contributed by atoms with Crippen LogP contribution in [0.2, 0.25) is 0 Å². The number of imide groups is 1. The fourth-order valence-electron chi connectivity index (χ4n) is 2.82. The Bertz CT molecular complexity index is 965. The van der Waals surface area contributed by atoms with Gasteiger partial charge in [-0.1, -0.05) is 18.2 Å². The third-order valence-electron chi connectivity index (χ3n) is 4.39. The lowest BCUT2D eigenvalue weighted by molar-refractivity contribution is -0.131. The molecule has 29 heavy (non-hydrogen) atoms. The number of nitrogens with one attached hydrogen (secondary N) is 1. The number of hydrogen-bond acceptors (Lipinski definition) is 6. The van der Waals surface area contributed by atoms with Crippen LogP contribution in [0.3, 0.4) is 0 Å². The van der Waals surface area contributed by atoms with Gasteiger partial charge < -0.3 is 19.9 Å². The van der Waals surface area contributed by atoms with Crippen LogP contribution in [-0.2, 0) is 10.3 Å². The van der Waals surface area contributed by atoms with Crippen molar-refractivity contribution in [3.8, 4) is 17.2 Å². The summed E-state index contributed by atoms with van der Waals surface area (Å²) in [5.41, 5.74) is -0.847. The molecule has 1 heterocycles. The SMILES string of the molecule is COc1cccc(/C=N/N2C(=O)N[C@](C)(c3ccc(OC(F)F)cc3)C2=O)c1O. The van der Waals surface area contributed by atoms with Crippen molar-refractivity contribution in [3.05, 3.63) is 53.6 Å². The lowest BCUT2D eigenvalue weighted by Gasteiger charge is -2.21. The molecular formula is C19H17F2N3O5. The number of amides is 3. The smallest absolute Gasteiger partial charge is 0.387 e. The highest BCUT2D eigenvalue weighted by molar-refractivity contribution is 6.07. The molecule has 152 valence electrons. The van der Waals surface area contributed by atoms with Gasteiger partial charge in [-0.3, -0.25) is 4.79 Å². The second kappa shape index (κ2) is 7.74. The monoisotopic (exact) mass is 405 g/mol. The topological polar surface area (TPSA) is 100 Å². The molecule has 1 aliphatic heterocycles. The zero-order chi connectivity index (χ0) is 21.2. The van der Waals surface area contributed by atoms with Crippen LogP contribution in [-0.4, -0.2) is 42.0 Å². The second-order valence-electron chi connectivity index (χ2n) is 6.22. The number of hydrogen-bond donors (Lipinski definition) is 2. The number of urea groups is 1. The lowest BCUT2D eigenvalue weighted by atomic mass is 9.92. The number of nitrogens with zero attached hydrogens (tertiary/aromatic N) is 2. The van der Waals surface area contributed by atoms with Crippen LogP contribution in [0, 0.1) is 0 Å². The van der Waals surface area contributed by atoms with E-state index in [4.69, 9.17) is 4.74 Å². The van der Waals surface area contributed by atoms with Crippen LogP contribution in [0.15, 0.2) is 47.6 Å². The first-order valence-corrected chi connectivity index (χ1v) is 8.38. The van der Waals surface area contributed by atoms with Gasteiger partial charge in [0.15, 0.2) is 11.5 Å². The normalized spacial score (nSPS) is 19.1. The number of methoxy groups -OCH3 is 1. The van der Waals surface area contributed by atoms with E-state index in [1.807, 2.05) is 0 Å². The number of carbonyl (C=O) groups excluding carboxylic acids is 2. The molecule has 0 spiro atoms. The van der Waals surface area contributed by atoms with Crippen molar-refractivity contribution < 1.29 is 33.0 Å². The van der Waals surface area contributed by atoms with Gasteiger partial charge in [0.2, 0.25) is 0 Å². The van der Waals surface area contributed by atoms with Gasteiger partial charge >= 0.3 is 12.6 Å². The predicted molar refractivity (Wildman–Crippen MR) is 98.1 cm³/mol. The van der Waals surface area contributed by atoms with Crippen molar-refractivity contribution in [3.63, 3.8) is 0 Å². The highest BCUT2D eigenvalue weighted by Crippen LogP contribution is 2.31. The zero-order valence-electron chi connectivity index (χ0n) is 15.4. The van der Waals surface area contributed by atoms with E-state index in [2.05, 4.69) is 15.2 Å². The number of hydrazone groups is 1. The molecule has 1 atom stereocenters. The number of benzene rings is 2. The fourth-order valence-corrected chi connectivity index (χ4v) is 2.82. The number of ether oxygens (including phenoxy) is 2. The molecule has 8 nitrogen and oxygen atoms in total. The predicted octanol–water partition coefficient (Wildman–Crippen LogP) is 2.80. The Morgan fingerprint density at radius 3 is 2.52 bits per heavy atom. The third kappa shape index (κ3) is 3.82. The van der Waals surface area contributed by atoms with Gasteiger partial charge in [0.05, 0.1) is 13.3 Å². The molecule has 2 aromatic carbocycles. The molecular weight excluding hydrogens is 388 g/mol. The van der Waals surface area contributed by atoms with Crippen molar-refractivity contribution >= 4 is 18.2 Å². The Morgan fingerprint density at radius 2 is 1.90 bits per heavy atom. The lowest BCUT2D eigenvalue weighted by Crippen LogP contribution is -2.40. The van der Waals surface area contributed by atoms with E-state index in [0.717, 1.165) is 6.21 Å². The van der Waals surface area contributed by atoms with Gasteiger partial charge in [-0.05, 0) is 36.8 Å². The summed E-state index contributed by atoms with van der Waals surface area (Å²) in [6.07, 6.45) is 1.15. The van der Waals surface area contributed by atoms with Crippen LogP contribution >= 0.6 is 0 Å². The van der Waals surface area contributed by atoms with E-state index < -0.39 is 24.1 Å². The minimum atomic E-state index is -2.97. The number of rotatable bonds is 6. The number of alkyl halides is 2. The van der Waals surface area contributed by atoms with Gasteiger partial charge in [0.25, 0.3) is 5.91 Å². The number of aromatic hydroxyl groups is 1. The molecule has 1 saturated heterocycles. The summed E-state index contributed by atoms with van der Waals surface area (Å²) < 4.78 is 33.8. The minimum Gasteiger partial charge on any atom is -0.504 e. The third-order valence-corrected chi connectivity index (χ3v) is 4.39. The van der Waals surface area contributed by atoms with E-state index in [0.29, 0.717) is 10.6 Å². The van der Waals surface area contributed by atoms with E-state index in [1.165, 1.54) is 44.4 Å². The molecule has 0 aromatic heterocycles. The second-order valence-corrected chi connectivity index (χ2v) is 6.22. The summed E-state index contributed by atoms with van der Waals surface area (Å²) in [4.78, 5) is 25.1. The van der Waals surface area contributed by atoms with E-state index in [9.17, 15) is 23.5 Å². The molecule has 1 aliphatic rings. The van der Waals surface area contributed by atoms with Crippen LogP contribution in [0.5, 0.6) is 17.2 Å². The van der Waals surface area contributed by atoms with Gasteiger partial charge in [-0.2, -0.15) is 13.9 Å². The average molecular weight is 405 g/mol. The number of halogens is 2. The van der Waals surface area contributed by atoms with Gasteiger partial charge in [-0.15, -0.1) is 5.01 Å². The largest absolute Gasteiger partial charge is 0.504 e. The van der Waals surface area contributed by atoms with E-state index >= 15 is 0 Å². The van der Waals surface area contributed by atoms with Gasteiger partial charge in [0.1, 0.15) is 11.3 Å². The quantitative estimate of drug-likeness (QED) is 0.569. The summed E-state index contributed by atoms with van der Waals surface area (Å²) >= 11 is 0. The first-order chi connectivity index (χ1) is 13.8. The van der Waals surface area contributed by atoms with Crippen molar-refractivity contribution in [1.82, 2.24) is 10.3 Å². The molecule has 3 rings (SSSR count). The molecule has 1 fully saturated rings. The number of carbonyl (C=O) groups is 2. The molecule has 2 aromatic rings. The highest BCUT2D eigenvalue weighted by atomic mass is 19.3. The van der Waals surface area contributed by atoms with Crippen LogP contribution in [0.25, 0.3) is 0 Å². The molecule has 0 bridgehead atoms. The molecule has 0 unspecified atom stereocenters. The Balaban J connectivity index is 1.84. The summed E-state index contributed by atoms with van der Waals surface area (Å²) in [7, 11) is 1.39. The fraction of sp³-hybridized carbons (Fsp3) is 0.211. The minimum absolute atomic E-state index is 0.0764. The first kappa shape index (κ1) is 20.1. The Kier molecular flexibility index (Phi) is 5.35. The summed E-state index contributed by atoms with van der Waals surface area (Å²) in [6.45, 7) is -1.50. The van der Waals surface area contributed by atoms with Crippen molar-refractivity contribution in [2.24, 2.45) is 5.10 Å². The molecule has 0 radical (unpaired) electrons. The Hall–Kier alpha value is -3.69. The van der Waals surface area contributed by atoms with Gasteiger partial charge in [0, 0.05) is 5.56 Å². The number of para-hydroxylation sites is 1. The first-order valence-electron chi connectivity index (χ1n) is 8.38. The standard InChI is InChI=1S/C19H17F2N3O5/c1-19(12-6-8-13(9-7-12)29-17(20)21)16(26)24(18(27)23-19)22-10-11-4-3-5-14(28-2)15(11)25/h3-10,17,25H,1-2H3,(H,23,27)/b22-10+/t19-/m1/s1. The van der Waals surface area contributed by atoms with E-state index in [1.54, 1.807) is 12.1 Å². The molecule has 10 heteroatoms. The van der Waals surface area contributed by atoms with E-state index in [-0.39, 0.29) is 22.8 Å².